The van der Waals surface area contributed by atoms with Crippen LogP contribution in [0.25, 0.3) is 10.9 Å². The Balaban J connectivity index is 0.000000937. The van der Waals surface area contributed by atoms with Gasteiger partial charge in [0.1, 0.15) is 11.2 Å². The number of hydrogen-bond donors (Lipinski definition) is 4. The van der Waals surface area contributed by atoms with E-state index in [0.29, 0.717) is 22.5 Å². The van der Waals surface area contributed by atoms with E-state index in [1.165, 1.54) is 37.1 Å². The van der Waals surface area contributed by atoms with Crippen LogP contribution in [0.5, 0.6) is 0 Å². The van der Waals surface area contributed by atoms with Crippen molar-refractivity contribution in [1.82, 2.24) is 4.98 Å². The third-order valence-corrected chi connectivity index (χ3v) is 8.04. The zero-order valence-corrected chi connectivity index (χ0v) is 21.6. The molecule has 0 aliphatic carbocycles. The van der Waals surface area contributed by atoms with Gasteiger partial charge in [0.25, 0.3) is 0 Å². The molecular weight excluding hydrogens is 505 g/mol. The van der Waals surface area contributed by atoms with E-state index in [1.807, 2.05) is 48.5 Å². The minimum absolute atomic E-state index is 0.250. The lowest BCUT2D eigenvalue weighted by molar-refractivity contribution is -0.135. The number of para-hydroxylation sites is 2. The van der Waals surface area contributed by atoms with Crippen molar-refractivity contribution in [2.24, 2.45) is 0 Å². The van der Waals surface area contributed by atoms with Gasteiger partial charge in [0, 0.05) is 51.6 Å². The number of halogens is 1. The van der Waals surface area contributed by atoms with Crippen LogP contribution in [0.15, 0.2) is 89.6 Å². The molecule has 2 aliphatic rings. The van der Waals surface area contributed by atoms with E-state index in [2.05, 4.69) is 15.6 Å². The van der Waals surface area contributed by atoms with Gasteiger partial charge < -0.3 is 25.5 Å². The molecule has 3 aromatic carbocycles. The molecule has 0 saturated heterocycles. The second kappa shape index (κ2) is 10.4. The van der Waals surface area contributed by atoms with Gasteiger partial charge in [-0.25, -0.2) is 9.18 Å². The number of nitrogens with one attached hydrogen (secondary N) is 3. The number of aromatic nitrogens is 1. The molecule has 1 aromatic heterocycles. The first kappa shape index (κ1) is 25.6. The number of benzene rings is 3. The molecule has 0 unspecified atom stereocenters. The molecule has 1 amide bonds. The molecule has 0 fully saturated rings. The van der Waals surface area contributed by atoms with Crippen molar-refractivity contribution in [2.75, 3.05) is 24.4 Å². The molecule has 0 saturated carbocycles. The van der Waals surface area contributed by atoms with Crippen LogP contribution in [0, 0.1) is 5.82 Å². The molecule has 2 atom stereocenters. The number of aliphatic hydroxyl groups is 1. The molecule has 4 aromatic rings. The fourth-order valence-corrected chi connectivity index (χ4v) is 6.51. The number of aromatic amines is 1. The third-order valence-electron chi connectivity index (χ3n) is 6.59. The molecule has 0 spiro atoms. The molecule has 2 aliphatic heterocycles. The van der Waals surface area contributed by atoms with Crippen molar-refractivity contribution in [2.45, 2.75) is 22.5 Å². The number of thioether (sulfide) groups is 1. The van der Waals surface area contributed by atoms with Crippen molar-refractivity contribution in [1.29, 1.82) is 0 Å². The monoisotopic (exact) mass is 531 g/mol. The largest absolute Gasteiger partial charge is 0.466 e. The average molecular weight is 532 g/mol. The summed E-state index contributed by atoms with van der Waals surface area (Å²) in [5.41, 5.74) is 2.58. The number of carbonyl (C=O) groups excluding carboxylic acids is 2. The van der Waals surface area contributed by atoms with Crippen LogP contribution in [-0.4, -0.2) is 40.9 Å². The highest BCUT2D eigenvalue weighted by atomic mass is 32.2. The van der Waals surface area contributed by atoms with Crippen LogP contribution in [0.3, 0.4) is 0 Å². The van der Waals surface area contributed by atoms with E-state index in [-0.39, 0.29) is 12.5 Å². The van der Waals surface area contributed by atoms with E-state index in [0.717, 1.165) is 21.5 Å². The van der Waals surface area contributed by atoms with Gasteiger partial charge in [-0.2, -0.15) is 0 Å². The first-order valence-electron chi connectivity index (χ1n) is 12.0. The standard InChI is InChI=1S/C27H20FN3O3S.C2H6O/c1-34-24(32)13-22-25(35-23-9-5-4-8-21(23)30-22)27(18-14-29-19-7-3-2-6-16(18)19)17-12-15(28)10-11-20(17)31-26(27)33;1-2-3/h2-14,25,29-30H,1H3,(H,31,33);3H,2H2,1H3/b22-13-;/t25-,27-;/m1./s1. The number of methoxy groups -OCH3 is 1. The molecule has 38 heavy (non-hydrogen) atoms. The van der Waals surface area contributed by atoms with Gasteiger partial charge in [-0.3, -0.25) is 4.79 Å². The average Bonchev–Trinajstić information content (AvgIpc) is 3.47. The van der Waals surface area contributed by atoms with Gasteiger partial charge in [0.05, 0.1) is 18.0 Å². The number of H-pyrrole nitrogens is 1. The smallest absolute Gasteiger partial charge is 0.332 e. The quantitative estimate of drug-likeness (QED) is 0.214. The summed E-state index contributed by atoms with van der Waals surface area (Å²) in [4.78, 5) is 30.7. The highest BCUT2D eigenvalue weighted by Crippen LogP contribution is 2.56. The second-order valence-corrected chi connectivity index (χ2v) is 9.91. The molecule has 0 radical (unpaired) electrons. The Morgan fingerprint density at radius 1 is 1.08 bits per heavy atom. The van der Waals surface area contributed by atoms with E-state index < -0.39 is 22.5 Å². The lowest BCUT2D eigenvalue weighted by Crippen LogP contribution is -2.48. The van der Waals surface area contributed by atoms with Gasteiger partial charge in [-0.05, 0) is 48.9 Å². The molecule has 0 bridgehead atoms. The fourth-order valence-electron chi connectivity index (χ4n) is 5.07. The van der Waals surface area contributed by atoms with Gasteiger partial charge in [-0.15, -0.1) is 11.8 Å². The predicted octanol–water partition coefficient (Wildman–Crippen LogP) is 5.19. The number of rotatable bonds is 3. The van der Waals surface area contributed by atoms with Gasteiger partial charge in [0.2, 0.25) is 5.91 Å². The normalized spacial score (nSPS) is 20.6. The lowest BCUT2D eigenvalue weighted by Gasteiger charge is -2.40. The summed E-state index contributed by atoms with van der Waals surface area (Å²) in [6.07, 6.45) is 3.18. The van der Waals surface area contributed by atoms with Gasteiger partial charge >= 0.3 is 5.97 Å². The molecule has 6 rings (SSSR count). The van der Waals surface area contributed by atoms with Crippen molar-refractivity contribution < 1.29 is 23.8 Å². The Hall–Kier alpha value is -4.08. The topological polar surface area (TPSA) is 103 Å². The highest BCUT2D eigenvalue weighted by Gasteiger charge is 2.57. The summed E-state index contributed by atoms with van der Waals surface area (Å²) in [6, 6.07) is 19.7. The summed E-state index contributed by atoms with van der Waals surface area (Å²) >= 11 is 1.46. The van der Waals surface area contributed by atoms with Crippen LogP contribution in [0.2, 0.25) is 0 Å². The molecule has 4 N–H and O–H groups in total. The van der Waals surface area contributed by atoms with Crippen LogP contribution < -0.4 is 10.6 Å². The molecular formula is C29H26FN3O4S. The first-order chi connectivity index (χ1) is 18.4. The van der Waals surface area contributed by atoms with Crippen molar-refractivity contribution in [3.05, 3.63) is 102 Å². The maximum absolute atomic E-state index is 14.7. The first-order valence-corrected chi connectivity index (χ1v) is 12.9. The van der Waals surface area contributed by atoms with Crippen LogP contribution in [0.1, 0.15) is 18.1 Å². The second-order valence-electron chi connectivity index (χ2n) is 8.76. The number of ether oxygens (including phenoxy) is 1. The summed E-state index contributed by atoms with van der Waals surface area (Å²) < 4.78 is 19.6. The van der Waals surface area contributed by atoms with E-state index in [4.69, 9.17) is 9.84 Å². The van der Waals surface area contributed by atoms with Crippen molar-refractivity contribution in [3.63, 3.8) is 0 Å². The number of amides is 1. The summed E-state index contributed by atoms with van der Waals surface area (Å²) in [7, 11) is 1.31. The number of esters is 1. The maximum Gasteiger partial charge on any atom is 0.332 e. The minimum Gasteiger partial charge on any atom is -0.466 e. The zero-order valence-electron chi connectivity index (χ0n) is 20.7. The summed E-state index contributed by atoms with van der Waals surface area (Å²) in [6.45, 7) is 1.93. The fraction of sp³-hybridized carbons (Fsp3) is 0.172. The third kappa shape index (κ3) is 4.13. The van der Waals surface area contributed by atoms with Crippen LogP contribution in [-0.2, 0) is 19.7 Å². The molecule has 194 valence electrons. The van der Waals surface area contributed by atoms with Crippen molar-refractivity contribution >= 4 is 45.9 Å². The number of hydrogen-bond acceptors (Lipinski definition) is 6. The number of fused-ring (bicyclic) bond motifs is 3. The number of carbonyl (C=O) groups is 2. The summed E-state index contributed by atoms with van der Waals surface area (Å²) in [5.74, 6) is -1.29. The molecule has 9 heteroatoms. The molecule has 7 nitrogen and oxygen atoms in total. The number of aliphatic hydroxyl groups excluding tert-OH is 1. The predicted molar refractivity (Wildman–Crippen MR) is 147 cm³/mol. The molecule has 3 heterocycles. The number of anilines is 2. The van der Waals surface area contributed by atoms with Crippen LogP contribution in [0.4, 0.5) is 15.8 Å². The van der Waals surface area contributed by atoms with Crippen LogP contribution >= 0.6 is 11.8 Å². The Labute approximate surface area is 223 Å². The lowest BCUT2D eigenvalue weighted by atomic mass is 9.71. The van der Waals surface area contributed by atoms with E-state index >= 15 is 0 Å². The Morgan fingerprint density at radius 3 is 2.61 bits per heavy atom. The van der Waals surface area contributed by atoms with Gasteiger partial charge in [0.15, 0.2) is 0 Å². The Morgan fingerprint density at radius 2 is 1.82 bits per heavy atom. The summed E-state index contributed by atoms with van der Waals surface area (Å²) in [5, 5.41) is 14.1. The minimum atomic E-state index is -1.35. The van der Waals surface area contributed by atoms with E-state index in [9.17, 15) is 14.0 Å². The van der Waals surface area contributed by atoms with E-state index in [1.54, 1.807) is 19.2 Å². The SMILES string of the molecule is CCO.COC(=O)/C=C1\Nc2ccccc2S[C@H]1[C@@]1(c2c[nH]c3ccccc23)C(=O)Nc2ccc(F)cc21. The van der Waals surface area contributed by atoms with Crippen molar-refractivity contribution in [3.8, 4) is 0 Å². The Bertz CT molecular complexity index is 1570. The van der Waals surface area contributed by atoms with Gasteiger partial charge in [-0.1, -0.05) is 30.3 Å². The highest BCUT2D eigenvalue weighted by molar-refractivity contribution is 8.00. The maximum atomic E-state index is 14.7. The Kier molecular flexibility index (Phi) is 6.96. The zero-order chi connectivity index (χ0) is 26.9.